The van der Waals surface area contributed by atoms with E-state index in [9.17, 15) is 14.4 Å². The molecule has 7 heteroatoms. The molecular formula is C12H17N3O4. The predicted octanol–water partition coefficient (Wildman–Crippen LogP) is 0.200. The Morgan fingerprint density at radius 2 is 2.11 bits per heavy atom. The van der Waals surface area contributed by atoms with Gasteiger partial charge in [-0.1, -0.05) is 6.92 Å². The second-order valence-corrected chi connectivity index (χ2v) is 4.15. The Bertz CT molecular complexity index is 524. The van der Waals surface area contributed by atoms with Gasteiger partial charge >= 0.3 is 5.97 Å². The lowest BCUT2D eigenvalue weighted by molar-refractivity contribution is -0.137. The second-order valence-electron chi connectivity index (χ2n) is 4.15. The highest BCUT2D eigenvalue weighted by molar-refractivity contribution is 5.92. The van der Waals surface area contributed by atoms with E-state index >= 15 is 0 Å². The molecule has 0 aliphatic carbocycles. The van der Waals surface area contributed by atoms with E-state index < -0.39 is 11.9 Å². The Labute approximate surface area is 110 Å². The van der Waals surface area contributed by atoms with Gasteiger partial charge < -0.3 is 10.0 Å². The van der Waals surface area contributed by atoms with Gasteiger partial charge in [-0.25, -0.2) is 4.68 Å². The number of aryl methyl sites for hydroxylation is 1. The molecule has 0 aromatic carbocycles. The third-order valence-electron chi connectivity index (χ3n) is 2.53. The Balaban J connectivity index is 2.84. The molecule has 1 aromatic heterocycles. The molecule has 1 N–H and O–H groups in total. The van der Waals surface area contributed by atoms with E-state index in [4.69, 9.17) is 5.11 Å². The van der Waals surface area contributed by atoms with E-state index in [0.717, 1.165) is 6.42 Å². The molecule has 19 heavy (non-hydrogen) atoms. The van der Waals surface area contributed by atoms with E-state index in [1.54, 1.807) is 0 Å². The van der Waals surface area contributed by atoms with Crippen molar-refractivity contribution in [3.05, 3.63) is 28.2 Å². The molecule has 1 amide bonds. The van der Waals surface area contributed by atoms with Crippen molar-refractivity contribution in [2.75, 3.05) is 13.6 Å². The number of hydrogen-bond donors (Lipinski definition) is 1. The molecule has 0 spiro atoms. The van der Waals surface area contributed by atoms with Crippen LogP contribution in [0.25, 0.3) is 0 Å². The van der Waals surface area contributed by atoms with Crippen molar-refractivity contribution in [1.82, 2.24) is 14.7 Å². The quantitative estimate of drug-likeness (QED) is 0.794. The normalized spacial score (nSPS) is 10.2. The van der Waals surface area contributed by atoms with Gasteiger partial charge in [-0.3, -0.25) is 14.4 Å². The minimum atomic E-state index is -0.969. The van der Waals surface area contributed by atoms with Gasteiger partial charge in [-0.15, -0.1) is 0 Å². The summed E-state index contributed by atoms with van der Waals surface area (Å²) >= 11 is 0. The van der Waals surface area contributed by atoms with Gasteiger partial charge in [0.05, 0.1) is 6.42 Å². The Hall–Kier alpha value is -2.18. The first-order valence-corrected chi connectivity index (χ1v) is 6.01. The van der Waals surface area contributed by atoms with Crippen LogP contribution in [-0.4, -0.2) is 45.3 Å². The molecule has 0 radical (unpaired) electrons. The number of hydrogen-bond acceptors (Lipinski definition) is 4. The van der Waals surface area contributed by atoms with Crippen LogP contribution in [0.3, 0.4) is 0 Å². The zero-order valence-electron chi connectivity index (χ0n) is 11.0. The third kappa shape index (κ3) is 4.20. The fraction of sp³-hybridized carbons (Fsp3) is 0.500. The van der Waals surface area contributed by atoms with Crippen LogP contribution in [0.15, 0.2) is 16.9 Å². The summed E-state index contributed by atoms with van der Waals surface area (Å²) in [6, 6.07) is 2.65. The molecule has 0 saturated heterocycles. The number of aliphatic carboxylic acids is 1. The fourth-order valence-corrected chi connectivity index (χ4v) is 1.50. The van der Waals surface area contributed by atoms with Gasteiger partial charge in [-0.05, 0) is 12.5 Å². The van der Waals surface area contributed by atoms with Crippen molar-refractivity contribution in [2.24, 2.45) is 0 Å². The van der Waals surface area contributed by atoms with E-state index in [1.165, 1.54) is 28.8 Å². The summed E-state index contributed by atoms with van der Waals surface area (Å²) in [5.41, 5.74) is -0.118. The highest BCUT2D eigenvalue weighted by Gasteiger charge is 2.15. The zero-order chi connectivity index (χ0) is 14.4. The van der Waals surface area contributed by atoms with Gasteiger partial charge in [0.15, 0.2) is 0 Å². The molecule has 0 saturated carbocycles. The maximum Gasteiger partial charge on any atom is 0.305 e. The smallest absolute Gasteiger partial charge is 0.305 e. The molecule has 0 unspecified atom stereocenters. The Kier molecular flexibility index (Phi) is 5.23. The molecule has 0 atom stereocenters. The lowest BCUT2D eigenvalue weighted by Gasteiger charge is -2.15. The number of rotatable bonds is 6. The van der Waals surface area contributed by atoms with Gasteiger partial charge in [0.1, 0.15) is 5.69 Å². The lowest BCUT2D eigenvalue weighted by Crippen LogP contribution is -2.32. The first-order valence-electron chi connectivity index (χ1n) is 6.01. The van der Waals surface area contributed by atoms with E-state index in [2.05, 4.69) is 5.10 Å². The van der Waals surface area contributed by atoms with Crippen LogP contribution >= 0.6 is 0 Å². The maximum absolute atomic E-state index is 12.0. The maximum atomic E-state index is 12.0. The van der Waals surface area contributed by atoms with Crippen LogP contribution in [0.4, 0.5) is 0 Å². The average molecular weight is 267 g/mol. The van der Waals surface area contributed by atoms with Crippen molar-refractivity contribution < 1.29 is 14.7 Å². The van der Waals surface area contributed by atoms with Crippen LogP contribution in [-0.2, 0) is 11.3 Å². The van der Waals surface area contributed by atoms with E-state index in [1.807, 2.05) is 6.92 Å². The Morgan fingerprint density at radius 1 is 1.42 bits per heavy atom. The summed E-state index contributed by atoms with van der Waals surface area (Å²) in [5, 5.41) is 12.5. The summed E-state index contributed by atoms with van der Waals surface area (Å²) < 4.78 is 1.23. The van der Waals surface area contributed by atoms with E-state index in [-0.39, 0.29) is 24.2 Å². The van der Waals surface area contributed by atoms with Gasteiger partial charge in [0.2, 0.25) is 0 Å². The molecule has 0 bridgehead atoms. The van der Waals surface area contributed by atoms with Gasteiger partial charge in [0, 0.05) is 26.2 Å². The largest absolute Gasteiger partial charge is 0.481 e. The molecule has 0 aliphatic heterocycles. The van der Waals surface area contributed by atoms with E-state index in [0.29, 0.717) is 6.54 Å². The van der Waals surface area contributed by atoms with Crippen LogP contribution in [0.5, 0.6) is 0 Å². The van der Waals surface area contributed by atoms with Crippen molar-refractivity contribution >= 4 is 11.9 Å². The van der Waals surface area contributed by atoms with Crippen LogP contribution in [0.1, 0.15) is 30.3 Å². The summed E-state index contributed by atoms with van der Waals surface area (Å²) in [6.45, 7) is 2.45. The standard InChI is InChI=1S/C12H17N3O4/c1-3-7-15-10(16)5-4-9(13-15)12(19)14(2)8-6-11(17)18/h4-5H,3,6-8H2,1-2H3,(H,17,18). The van der Waals surface area contributed by atoms with Crippen LogP contribution in [0, 0.1) is 0 Å². The molecule has 1 aromatic rings. The Morgan fingerprint density at radius 3 is 2.68 bits per heavy atom. The van der Waals surface area contributed by atoms with Gasteiger partial charge in [-0.2, -0.15) is 5.10 Å². The number of carbonyl (C=O) groups excluding carboxylic acids is 1. The number of aromatic nitrogens is 2. The number of carboxylic acids is 1. The highest BCUT2D eigenvalue weighted by atomic mass is 16.4. The number of carboxylic acid groups (broad SMARTS) is 1. The average Bonchev–Trinajstić information content (AvgIpc) is 2.38. The van der Waals surface area contributed by atoms with Crippen molar-refractivity contribution in [2.45, 2.75) is 26.3 Å². The summed E-state index contributed by atoms with van der Waals surface area (Å²) in [4.78, 5) is 35.2. The summed E-state index contributed by atoms with van der Waals surface area (Å²) in [7, 11) is 1.50. The molecule has 7 nitrogen and oxygen atoms in total. The number of amides is 1. The molecule has 0 fully saturated rings. The zero-order valence-corrected chi connectivity index (χ0v) is 11.0. The predicted molar refractivity (Wildman–Crippen MR) is 68.0 cm³/mol. The molecule has 1 heterocycles. The topological polar surface area (TPSA) is 92.5 Å². The number of carbonyl (C=O) groups is 2. The first kappa shape index (κ1) is 14.9. The highest BCUT2D eigenvalue weighted by Crippen LogP contribution is 1.99. The van der Waals surface area contributed by atoms with Crippen molar-refractivity contribution in [1.29, 1.82) is 0 Å². The first-order chi connectivity index (χ1) is 8.95. The lowest BCUT2D eigenvalue weighted by atomic mass is 10.3. The SMILES string of the molecule is CCCn1nc(C(=O)N(C)CCC(=O)O)ccc1=O. The summed E-state index contributed by atoms with van der Waals surface area (Å²) in [6.07, 6.45) is 0.607. The van der Waals surface area contributed by atoms with Crippen LogP contribution in [0.2, 0.25) is 0 Å². The summed E-state index contributed by atoms with van der Waals surface area (Å²) in [5.74, 6) is -1.37. The minimum absolute atomic E-state index is 0.1000. The van der Waals surface area contributed by atoms with Crippen molar-refractivity contribution in [3.63, 3.8) is 0 Å². The minimum Gasteiger partial charge on any atom is -0.481 e. The van der Waals surface area contributed by atoms with Gasteiger partial charge in [0.25, 0.3) is 11.5 Å². The fourth-order valence-electron chi connectivity index (χ4n) is 1.50. The number of nitrogens with zero attached hydrogens (tertiary/aromatic N) is 3. The van der Waals surface area contributed by atoms with Crippen LogP contribution < -0.4 is 5.56 Å². The molecule has 0 aliphatic rings. The third-order valence-corrected chi connectivity index (χ3v) is 2.53. The monoisotopic (exact) mass is 267 g/mol. The molecule has 104 valence electrons. The second kappa shape index (κ2) is 6.67. The molecule has 1 rings (SSSR count). The van der Waals surface area contributed by atoms with Crippen molar-refractivity contribution in [3.8, 4) is 0 Å². The molecular weight excluding hydrogens is 250 g/mol.